The molecule has 0 spiro atoms. The summed E-state index contributed by atoms with van der Waals surface area (Å²) in [5.74, 6) is 0.437. The highest BCUT2D eigenvalue weighted by Crippen LogP contribution is 2.31. The third-order valence-electron chi connectivity index (χ3n) is 7.03. The molecule has 7 nitrogen and oxygen atoms in total. The van der Waals surface area contributed by atoms with E-state index in [2.05, 4.69) is 20.3 Å². The van der Waals surface area contributed by atoms with Crippen LogP contribution in [0.4, 0.5) is 20.3 Å². The maximum absolute atomic E-state index is 14.9. The number of hydrogen-bond donors (Lipinski definition) is 1. The summed E-state index contributed by atoms with van der Waals surface area (Å²) in [6.07, 6.45) is 4.85. The minimum atomic E-state index is -1.72. The average molecular weight is 568 g/mol. The van der Waals surface area contributed by atoms with Crippen molar-refractivity contribution in [3.8, 4) is 16.9 Å². The number of rotatable bonds is 8. The van der Waals surface area contributed by atoms with Crippen molar-refractivity contribution in [3.05, 3.63) is 107 Å². The standard InChI is InChI=1S/C33H31F2N5O2/c1-20-12-27(34)29(39-32(41)22-10-11-36-30(14-22)33(2,3)35)15-26(20)23-13-24-18-38-31(16-28(24)37-17-23)40(4)19-21-6-8-25(42-5)9-7-21/h6-18H,19H2,1-5H3,(H,39,41). The Balaban J connectivity index is 1.38. The third-order valence-corrected chi connectivity index (χ3v) is 7.03. The van der Waals surface area contributed by atoms with E-state index in [0.29, 0.717) is 17.7 Å². The van der Waals surface area contributed by atoms with Crippen LogP contribution in [-0.4, -0.2) is 35.0 Å². The molecule has 1 amide bonds. The first kappa shape index (κ1) is 28.6. The normalized spacial score (nSPS) is 11.4. The molecule has 42 heavy (non-hydrogen) atoms. The first-order chi connectivity index (χ1) is 20.0. The van der Waals surface area contributed by atoms with Crippen LogP contribution in [0, 0.1) is 12.7 Å². The number of hydrogen-bond acceptors (Lipinski definition) is 6. The topological polar surface area (TPSA) is 80.2 Å². The number of anilines is 2. The largest absolute Gasteiger partial charge is 0.497 e. The van der Waals surface area contributed by atoms with E-state index in [1.807, 2.05) is 48.3 Å². The summed E-state index contributed by atoms with van der Waals surface area (Å²) in [5, 5.41) is 3.44. The molecule has 0 atom stereocenters. The van der Waals surface area contributed by atoms with Crippen LogP contribution < -0.4 is 15.0 Å². The van der Waals surface area contributed by atoms with Crippen LogP contribution in [0.2, 0.25) is 0 Å². The average Bonchev–Trinajstić information content (AvgIpc) is 2.98. The van der Waals surface area contributed by atoms with Crippen molar-refractivity contribution in [2.45, 2.75) is 33.0 Å². The molecule has 0 saturated heterocycles. The number of pyridine rings is 3. The monoisotopic (exact) mass is 567 g/mol. The third kappa shape index (κ3) is 6.20. The number of methoxy groups -OCH3 is 1. The van der Waals surface area contributed by atoms with Crippen LogP contribution in [0.3, 0.4) is 0 Å². The number of aromatic nitrogens is 3. The van der Waals surface area contributed by atoms with E-state index in [9.17, 15) is 13.6 Å². The van der Waals surface area contributed by atoms with Gasteiger partial charge >= 0.3 is 0 Å². The van der Waals surface area contributed by atoms with E-state index >= 15 is 0 Å². The maximum atomic E-state index is 14.9. The van der Waals surface area contributed by atoms with Gasteiger partial charge in [0.2, 0.25) is 0 Å². The van der Waals surface area contributed by atoms with Gasteiger partial charge in [0.25, 0.3) is 5.91 Å². The highest BCUT2D eigenvalue weighted by Gasteiger charge is 2.22. The minimum absolute atomic E-state index is 0.00666. The number of nitrogens with one attached hydrogen (secondary N) is 1. The van der Waals surface area contributed by atoms with Crippen molar-refractivity contribution < 1.29 is 18.3 Å². The summed E-state index contributed by atoms with van der Waals surface area (Å²) in [6, 6.07) is 17.5. The number of nitrogens with zero attached hydrogens (tertiary/aromatic N) is 4. The van der Waals surface area contributed by atoms with Gasteiger partial charge in [-0.1, -0.05) is 12.1 Å². The highest BCUT2D eigenvalue weighted by atomic mass is 19.1. The van der Waals surface area contributed by atoms with Crippen LogP contribution in [0.25, 0.3) is 22.0 Å². The zero-order valence-corrected chi connectivity index (χ0v) is 24.1. The van der Waals surface area contributed by atoms with Gasteiger partial charge in [-0.15, -0.1) is 0 Å². The van der Waals surface area contributed by atoms with Crippen LogP contribution in [-0.2, 0) is 12.2 Å². The summed E-state index contributed by atoms with van der Waals surface area (Å²) in [4.78, 5) is 28.3. The molecule has 0 unspecified atom stereocenters. The highest BCUT2D eigenvalue weighted by molar-refractivity contribution is 6.04. The molecule has 5 rings (SSSR count). The SMILES string of the molecule is COc1ccc(CN(C)c2cc3ncc(-c4cc(NC(=O)c5ccnc(C(C)(C)F)c5)c(F)cc4C)cc3cn2)cc1. The zero-order chi connectivity index (χ0) is 30.0. The lowest BCUT2D eigenvalue weighted by atomic mass is 9.99. The van der Waals surface area contributed by atoms with Gasteiger partial charge in [-0.25, -0.2) is 13.8 Å². The minimum Gasteiger partial charge on any atom is -0.497 e. The van der Waals surface area contributed by atoms with Crippen molar-refractivity contribution in [1.29, 1.82) is 0 Å². The van der Waals surface area contributed by atoms with E-state index in [0.717, 1.165) is 33.6 Å². The van der Waals surface area contributed by atoms with E-state index in [1.165, 1.54) is 38.2 Å². The Morgan fingerprint density at radius 1 is 1.00 bits per heavy atom. The van der Waals surface area contributed by atoms with Gasteiger partial charge < -0.3 is 15.0 Å². The van der Waals surface area contributed by atoms with Gasteiger partial charge in [0.05, 0.1) is 24.0 Å². The maximum Gasteiger partial charge on any atom is 0.255 e. The molecule has 1 N–H and O–H groups in total. The fourth-order valence-corrected chi connectivity index (χ4v) is 4.62. The van der Waals surface area contributed by atoms with E-state index < -0.39 is 17.4 Å². The van der Waals surface area contributed by atoms with Gasteiger partial charge in [0.1, 0.15) is 23.1 Å². The van der Waals surface area contributed by atoms with Crippen LogP contribution >= 0.6 is 0 Å². The summed E-state index contributed by atoms with van der Waals surface area (Å²) >= 11 is 0. The summed E-state index contributed by atoms with van der Waals surface area (Å²) < 4.78 is 34.5. The molecule has 0 fully saturated rings. The molecular formula is C33H31F2N5O2. The van der Waals surface area contributed by atoms with Crippen LogP contribution in [0.5, 0.6) is 5.75 Å². The predicted octanol–water partition coefficient (Wildman–Crippen LogP) is 7.24. The first-order valence-corrected chi connectivity index (χ1v) is 13.4. The van der Waals surface area contributed by atoms with Crippen molar-refractivity contribution in [1.82, 2.24) is 15.0 Å². The van der Waals surface area contributed by atoms with Gasteiger partial charge in [-0.3, -0.25) is 14.8 Å². The molecule has 0 radical (unpaired) electrons. The van der Waals surface area contributed by atoms with Crippen molar-refractivity contribution in [2.24, 2.45) is 0 Å². The zero-order valence-electron chi connectivity index (χ0n) is 24.1. The molecule has 5 aromatic rings. The van der Waals surface area contributed by atoms with Crippen molar-refractivity contribution in [3.63, 3.8) is 0 Å². The second-order valence-electron chi connectivity index (χ2n) is 10.7. The molecule has 0 aliphatic carbocycles. The Morgan fingerprint density at radius 3 is 2.48 bits per heavy atom. The number of ether oxygens (including phenoxy) is 1. The van der Waals surface area contributed by atoms with Gasteiger partial charge in [-0.2, -0.15) is 0 Å². The molecule has 0 saturated carbocycles. The lowest BCUT2D eigenvalue weighted by Crippen LogP contribution is -2.17. The van der Waals surface area contributed by atoms with Gasteiger partial charge in [0, 0.05) is 54.8 Å². The lowest BCUT2D eigenvalue weighted by molar-refractivity contribution is 0.102. The summed E-state index contributed by atoms with van der Waals surface area (Å²) in [5.41, 5.74) is 2.61. The molecule has 0 aliphatic rings. The summed E-state index contributed by atoms with van der Waals surface area (Å²) in [7, 11) is 3.61. The number of benzene rings is 2. The van der Waals surface area contributed by atoms with Crippen molar-refractivity contribution >= 4 is 28.3 Å². The number of fused-ring (bicyclic) bond motifs is 1. The number of alkyl halides is 1. The second kappa shape index (κ2) is 11.5. The molecule has 214 valence electrons. The fourth-order valence-electron chi connectivity index (χ4n) is 4.62. The van der Waals surface area contributed by atoms with Gasteiger partial charge in [0.15, 0.2) is 0 Å². The smallest absolute Gasteiger partial charge is 0.255 e. The van der Waals surface area contributed by atoms with Crippen LogP contribution in [0.1, 0.15) is 41.0 Å². The first-order valence-electron chi connectivity index (χ1n) is 13.4. The van der Waals surface area contributed by atoms with Crippen molar-refractivity contribution in [2.75, 3.05) is 24.4 Å². The second-order valence-corrected chi connectivity index (χ2v) is 10.7. The number of carbonyl (C=O) groups is 1. The molecule has 3 aromatic heterocycles. The van der Waals surface area contributed by atoms with Crippen LogP contribution in [0.15, 0.2) is 79.3 Å². The molecule has 0 aliphatic heterocycles. The van der Waals surface area contributed by atoms with E-state index in [4.69, 9.17) is 4.74 Å². The lowest BCUT2D eigenvalue weighted by Gasteiger charge is -2.19. The van der Waals surface area contributed by atoms with E-state index in [-0.39, 0.29) is 16.9 Å². The molecular weight excluding hydrogens is 536 g/mol. The summed E-state index contributed by atoms with van der Waals surface area (Å²) in [6.45, 7) is 5.17. The Hall–Kier alpha value is -4.92. The molecule has 2 aromatic carbocycles. The number of amides is 1. The number of carbonyl (C=O) groups excluding carboxylic acids is 1. The Morgan fingerprint density at radius 2 is 1.76 bits per heavy atom. The Kier molecular flexibility index (Phi) is 7.85. The predicted molar refractivity (Wildman–Crippen MR) is 161 cm³/mol. The fraction of sp³-hybridized carbons (Fsp3) is 0.212. The molecule has 3 heterocycles. The molecule has 9 heteroatoms. The number of aryl methyl sites for hydroxylation is 1. The Bertz CT molecular complexity index is 1770. The van der Waals surface area contributed by atoms with Gasteiger partial charge in [-0.05, 0) is 79.9 Å². The quantitative estimate of drug-likeness (QED) is 0.213. The number of halogens is 2. The van der Waals surface area contributed by atoms with E-state index in [1.54, 1.807) is 32.5 Å². The molecule has 0 bridgehead atoms. The Labute approximate surface area is 243 Å².